The van der Waals surface area contributed by atoms with Crippen molar-refractivity contribution in [2.45, 2.75) is 31.4 Å². The highest BCUT2D eigenvalue weighted by Crippen LogP contribution is 2.29. The fraction of sp³-hybridized carbons (Fsp3) is 0.556. The van der Waals surface area contributed by atoms with Crippen LogP contribution in [0.1, 0.15) is 31.2 Å². The van der Waals surface area contributed by atoms with Crippen molar-refractivity contribution in [3.8, 4) is 0 Å². The third-order valence-electron chi connectivity index (χ3n) is 4.48. The zero-order valence-electron chi connectivity index (χ0n) is 14.4. The molecule has 1 aromatic rings. The number of methoxy groups -OCH3 is 1. The summed E-state index contributed by atoms with van der Waals surface area (Å²) in [6.45, 7) is 0.460. The third-order valence-corrected chi connectivity index (χ3v) is 5.76. The van der Waals surface area contributed by atoms with E-state index in [1.54, 1.807) is 7.11 Å². The monoisotopic (exact) mass is 367 g/mol. The average molecular weight is 367 g/mol. The number of amides is 1. The fourth-order valence-corrected chi connectivity index (χ4v) is 4.07. The van der Waals surface area contributed by atoms with Crippen molar-refractivity contribution in [1.82, 2.24) is 0 Å². The van der Waals surface area contributed by atoms with E-state index >= 15 is 0 Å². The van der Waals surface area contributed by atoms with E-state index in [2.05, 4.69) is 5.32 Å². The van der Waals surface area contributed by atoms with E-state index in [-0.39, 0.29) is 17.7 Å². The van der Waals surface area contributed by atoms with E-state index in [0.29, 0.717) is 49.5 Å². The molecule has 1 aromatic carbocycles. The molecule has 1 saturated carbocycles. The fourth-order valence-electron chi connectivity index (χ4n) is 3.02. The molecular formula is C18H25NO5S. The molecule has 2 rings (SSSR count). The number of hydrogen-bond acceptors (Lipinski definition) is 4. The number of anilines is 1. The van der Waals surface area contributed by atoms with Gasteiger partial charge in [-0.25, -0.2) is 0 Å². The Kier molecular flexibility index (Phi) is 7.58. The molecule has 0 aromatic heterocycles. The first-order valence-corrected chi connectivity index (χ1v) is 9.95. The molecule has 1 unspecified atom stereocenters. The summed E-state index contributed by atoms with van der Waals surface area (Å²) in [5.41, 5.74) is 1.59. The Bertz CT molecular complexity index is 626. The first-order valence-electron chi connectivity index (χ1n) is 8.46. The second-order valence-electron chi connectivity index (χ2n) is 6.36. The minimum absolute atomic E-state index is 0.0681. The van der Waals surface area contributed by atoms with Crippen LogP contribution in [0.15, 0.2) is 24.3 Å². The Morgan fingerprint density at radius 2 is 1.92 bits per heavy atom. The van der Waals surface area contributed by atoms with Crippen LogP contribution < -0.4 is 5.32 Å². The largest absolute Gasteiger partial charge is 0.481 e. The summed E-state index contributed by atoms with van der Waals surface area (Å²) in [6, 6.07) is 7.37. The Hall–Kier alpha value is -1.73. The lowest BCUT2D eigenvalue weighted by molar-refractivity contribution is -0.143. The van der Waals surface area contributed by atoms with Crippen LogP contribution >= 0.6 is 0 Å². The van der Waals surface area contributed by atoms with Crippen molar-refractivity contribution in [2.24, 2.45) is 11.8 Å². The van der Waals surface area contributed by atoms with Crippen LogP contribution in [0.4, 0.5) is 5.69 Å². The number of carboxylic acids is 1. The maximum Gasteiger partial charge on any atom is 0.306 e. The van der Waals surface area contributed by atoms with Gasteiger partial charge in [-0.3, -0.25) is 13.8 Å². The summed E-state index contributed by atoms with van der Waals surface area (Å²) in [5.74, 6) is -0.393. The van der Waals surface area contributed by atoms with Crippen LogP contribution in [0.25, 0.3) is 0 Å². The first kappa shape index (κ1) is 19.6. The molecule has 1 aliphatic rings. The summed E-state index contributed by atoms with van der Waals surface area (Å²) in [6.07, 6.45) is 2.30. The second kappa shape index (κ2) is 9.68. The number of aliphatic carboxylic acids is 1. The van der Waals surface area contributed by atoms with Crippen molar-refractivity contribution in [1.29, 1.82) is 0 Å². The van der Waals surface area contributed by atoms with Gasteiger partial charge in [-0.05, 0) is 43.4 Å². The van der Waals surface area contributed by atoms with Gasteiger partial charge < -0.3 is 15.2 Å². The highest BCUT2D eigenvalue weighted by atomic mass is 32.2. The summed E-state index contributed by atoms with van der Waals surface area (Å²) in [4.78, 5) is 23.4. The highest BCUT2D eigenvalue weighted by molar-refractivity contribution is 7.84. The van der Waals surface area contributed by atoms with Crippen molar-refractivity contribution >= 4 is 28.4 Å². The number of carboxylic acid groups (broad SMARTS) is 1. The molecule has 0 aliphatic heterocycles. The Morgan fingerprint density at radius 3 is 2.56 bits per heavy atom. The molecule has 7 heteroatoms. The van der Waals surface area contributed by atoms with Gasteiger partial charge in [0.15, 0.2) is 0 Å². The van der Waals surface area contributed by atoms with Gasteiger partial charge >= 0.3 is 5.97 Å². The minimum Gasteiger partial charge on any atom is -0.481 e. The van der Waals surface area contributed by atoms with Crippen molar-refractivity contribution in [2.75, 3.05) is 24.8 Å². The number of benzene rings is 1. The molecule has 0 spiro atoms. The molecule has 1 amide bonds. The minimum atomic E-state index is -0.998. The molecule has 1 atom stereocenters. The summed E-state index contributed by atoms with van der Waals surface area (Å²) in [7, 11) is 0.583. The van der Waals surface area contributed by atoms with Gasteiger partial charge in [0.25, 0.3) is 0 Å². The number of rotatable bonds is 8. The molecule has 6 nitrogen and oxygen atoms in total. The van der Waals surface area contributed by atoms with Crippen LogP contribution in [0.5, 0.6) is 0 Å². The van der Waals surface area contributed by atoms with E-state index < -0.39 is 16.8 Å². The van der Waals surface area contributed by atoms with E-state index in [9.17, 15) is 13.8 Å². The van der Waals surface area contributed by atoms with Crippen LogP contribution in [-0.4, -0.2) is 40.7 Å². The van der Waals surface area contributed by atoms with Crippen LogP contribution in [0.3, 0.4) is 0 Å². The zero-order chi connectivity index (χ0) is 18.2. The molecule has 25 heavy (non-hydrogen) atoms. The van der Waals surface area contributed by atoms with E-state index in [1.807, 2.05) is 24.3 Å². The summed E-state index contributed by atoms with van der Waals surface area (Å²) in [5, 5.41) is 11.9. The number of ether oxygens (including phenoxy) is 1. The normalized spacial score (nSPS) is 21.5. The van der Waals surface area contributed by atoms with Gasteiger partial charge in [0.1, 0.15) is 0 Å². The topological polar surface area (TPSA) is 92.7 Å². The van der Waals surface area contributed by atoms with Gasteiger partial charge in [-0.2, -0.15) is 0 Å². The molecule has 0 heterocycles. The molecule has 0 saturated heterocycles. The predicted molar refractivity (Wildman–Crippen MR) is 96.7 cm³/mol. The van der Waals surface area contributed by atoms with Crippen LogP contribution in [0.2, 0.25) is 0 Å². The van der Waals surface area contributed by atoms with Gasteiger partial charge in [-0.1, -0.05) is 12.1 Å². The predicted octanol–water partition coefficient (Wildman–Crippen LogP) is 2.41. The molecule has 2 N–H and O–H groups in total. The second-order valence-corrected chi connectivity index (χ2v) is 7.93. The maximum atomic E-state index is 12.4. The summed E-state index contributed by atoms with van der Waals surface area (Å²) >= 11 is 0. The lowest BCUT2D eigenvalue weighted by Crippen LogP contribution is -2.29. The van der Waals surface area contributed by atoms with Crippen molar-refractivity contribution in [3.63, 3.8) is 0 Å². The summed E-state index contributed by atoms with van der Waals surface area (Å²) < 4.78 is 16.9. The van der Waals surface area contributed by atoms with Gasteiger partial charge in [0.2, 0.25) is 5.91 Å². The lowest BCUT2D eigenvalue weighted by Gasteiger charge is -2.25. The first-order chi connectivity index (χ1) is 12.0. The van der Waals surface area contributed by atoms with Gasteiger partial charge in [0.05, 0.1) is 12.5 Å². The quantitative estimate of drug-likeness (QED) is 0.736. The number of nitrogens with one attached hydrogen (secondary N) is 1. The van der Waals surface area contributed by atoms with E-state index in [1.165, 1.54) is 0 Å². The molecular weight excluding hydrogens is 342 g/mol. The van der Waals surface area contributed by atoms with E-state index in [4.69, 9.17) is 9.84 Å². The average Bonchev–Trinajstić information content (AvgIpc) is 2.60. The zero-order valence-corrected chi connectivity index (χ0v) is 15.2. The molecule has 0 radical (unpaired) electrons. The Balaban J connectivity index is 1.88. The SMILES string of the molecule is COCCS(=O)Cc1cccc(NC(=O)C2CCC(C(=O)O)CC2)c1. The maximum absolute atomic E-state index is 12.4. The highest BCUT2D eigenvalue weighted by Gasteiger charge is 2.29. The van der Waals surface area contributed by atoms with Crippen molar-refractivity contribution < 1.29 is 23.6 Å². The molecule has 0 bridgehead atoms. The smallest absolute Gasteiger partial charge is 0.306 e. The number of hydrogen-bond donors (Lipinski definition) is 2. The standard InChI is InChI=1S/C18H25NO5S/c1-24-9-10-25(23)12-13-3-2-4-16(11-13)19-17(20)14-5-7-15(8-6-14)18(21)22/h2-4,11,14-15H,5-10,12H2,1H3,(H,19,20)(H,21,22). The Morgan fingerprint density at radius 1 is 1.24 bits per heavy atom. The van der Waals surface area contributed by atoms with Crippen LogP contribution in [0, 0.1) is 11.8 Å². The Labute approximate surface area is 150 Å². The molecule has 1 fully saturated rings. The van der Waals surface area contributed by atoms with Gasteiger partial charge in [-0.15, -0.1) is 0 Å². The molecule has 138 valence electrons. The van der Waals surface area contributed by atoms with Gasteiger partial charge in [0, 0.05) is 41.0 Å². The van der Waals surface area contributed by atoms with Crippen molar-refractivity contribution in [3.05, 3.63) is 29.8 Å². The lowest BCUT2D eigenvalue weighted by atomic mass is 9.81. The van der Waals surface area contributed by atoms with Crippen LogP contribution in [-0.2, 0) is 30.9 Å². The molecule has 1 aliphatic carbocycles. The third kappa shape index (κ3) is 6.25. The number of carbonyl (C=O) groups excluding carboxylic acids is 1. The van der Waals surface area contributed by atoms with E-state index in [0.717, 1.165) is 5.56 Å². The number of carbonyl (C=O) groups is 2.